The zero-order valence-corrected chi connectivity index (χ0v) is 19.5. The molecule has 0 radical (unpaired) electrons. The maximum atomic E-state index is 13.1. The first kappa shape index (κ1) is 22.9. The molecule has 2 aliphatic rings. The molecule has 0 aliphatic carbocycles. The average Bonchev–Trinajstić information content (AvgIpc) is 3.42. The number of sulfonamides is 1. The summed E-state index contributed by atoms with van der Waals surface area (Å²) >= 11 is 1.50. The van der Waals surface area contributed by atoms with Crippen molar-refractivity contribution >= 4 is 38.9 Å². The molecular formula is C22H27N3O5S2. The fraction of sp³-hybridized carbons (Fsp3) is 0.455. The van der Waals surface area contributed by atoms with Gasteiger partial charge in [-0.25, -0.2) is 8.42 Å². The van der Waals surface area contributed by atoms with Crippen LogP contribution in [0.25, 0.3) is 0 Å². The van der Waals surface area contributed by atoms with E-state index in [1.165, 1.54) is 15.6 Å². The summed E-state index contributed by atoms with van der Waals surface area (Å²) in [6.45, 7) is 3.41. The van der Waals surface area contributed by atoms with Crippen molar-refractivity contribution in [2.24, 2.45) is 5.92 Å². The summed E-state index contributed by atoms with van der Waals surface area (Å²) < 4.78 is 31.6. The highest BCUT2D eigenvalue weighted by Gasteiger charge is 2.45. The molecule has 3 heterocycles. The standard InChI is InChI=1S/C22H27N3O5S2/c1-16-4-6-17(7-5-16)25-20(26)15-18(21(25)19-3-2-13-31-19)22(27)23-8-14-32(28,29)24-9-11-30-12-10-24/h2-7,13,18,21H,8-12,14-15H2,1H3,(H,23,27). The molecule has 1 N–H and O–H groups in total. The Morgan fingerprint density at radius 1 is 1.19 bits per heavy atom. The lowest BCUT2D eigenvalue weighted by Gasteiger charge is -2.28. The molecule has 2 atom stereocenters. The van der Waals surface area contributed by atoms with Crippen LogP contribution in [0.4, 0.5) is 5.69 Å². The van der Waals surface area contributed by atoms with E-state index >= 15 is 0 Å². The highest BCUT2D eigenvalue weighted by atomic mass is 32.2. The van der Waals surface area contributed by atoms with Crippen molar-refractivity contribution in [1.82, 2.24) is 9.62 Å². The van der Waals surface area contributed by atoms with Crippen LogP contribution in [0, 0.1) is 12.8 Å². The van der Waals surface area contributed by atoms with Crippen LogP contribution in [-0.2, 0) is 24.3 Å². The van der Waals surface area contributed by atoms with Crippen molar-refractivity contribution in [3.63, 3.8) is 0 Å². The number of hydrogen-bond acceptors (Lipinski definition) is 6. The van der Waals surface area contributed by atoms with E-state index in [4.69, 9.17) is 4.74 Å². The van der Waals surface area contributed by atoms with E-state index in [0.717, 1.165) is 16.1 Å². The van der Waals surface area contributed by atoms with Crippen LogP contribution in [-0.4, -0.2) is 63.1 Å². The average molecular weight is 478 g/mol. The maximum absolute atomic E-state index is 13.1. The van der Waals surface area contributed by atoms with E-state index in [0.29, 0.717) is 26.3 Å². The Kier molecular flexibility index (Phi) is 6.94. The summed E-state index contributed by atoms with van der Waals surface area (Å²) in [5.41, 5.74) is 1.84. The Morgan fingerprint density at radius 3 is 2.56 bits per heavy atom. The molecule has 2 amide bonds. The zero-order valence-electron chi connectivity index (χ0n) is 17.9. The van der Waals surface area contributed by atoms with Gasteiger partial charge >= 0.3 is 0 Å². The second kappa shape index (κ2) is 9.70. The first-order valence-electron chi connectivity index (χ1n) is 10.6. The molecule has 2 unspecified atom stereocenters. The number of rotatable bonds is 7. The van der Waals surface area contributed by atoms with Crippen LogP contribution in [0.5, 0.6) is 0 Å². The molecule has 10 heteroatoms. The van der Waals surface area contributed by atoms with Gasteiger partial charge in [0.15, 0.2) is 0 Å². The highest BCUT2D eigenvalue weighted by molar-refractivity contribution is 7.89. The van der Waals surface area contributed by atoms with Crippen LogP contribution < -0.4 is 10.2 Å². The molecular weight excluding hydrogens is 450 g/mol. The Hall–Kier alpha value is -2.27. The molecule has 8 nitrogen and oxygen atoms in total. The first-order chi connectivity index (χ1) is 15.4. The number of hydrogen-bond donors (Lipinski definition) is 1. The predicted molar refractivity (Wildman–Crippen MR) is 123 cm³/mol. The third kappa shape index (κ3) is 4.88. The third-order valence-electron chi connectivity index (χ3n) is 5.83. The second-order valence-electron chi connectivity index (χ2n) is 7.99. The Bertz CT molecular complexity index is 1050. The van der Waals surface area contributed by atoms with E-state index < -0.39 is 22.0 Å². The van der Waals surface area contributed by atoms with Crippen LogP contribution in [0.2, 0.25) is 0 Å². The molecule has 0 bridgehead atoms. The van der Waals surface area contributed by atoms with Gasteiger partial charge in [-0.05, 0) is 30.5 Å². The number of anilines is 1. The molecule has 2 aromatic rings. The Morgan fingerprint density at radius 2 is 1.91 bits per heavy atom. The molecule has 1 aromatic heterocycles. The van der Waals surface area contributed by atoms with Crippen molar-refractivity contribution in [3.05, 3.63) is 52.2 Å². The highest BCUT2D eigenvalue weighted by Crippen LogP contribution is 2.43. The van der Waals surface area contributed by atoms with Crippen molar-refractivity contribution in [2.75, 3.05) is 43.5 Å². The number of nitrogens with one attached hydrogen (secondary N) is 1. The van der Waals surface area contributed by atoms with Gasteiger partial charge in [-0.15, -0.1) is 11.3 Å². The minimum Gasteiger partial charge on any atom is -0.379 e. The molecule has 0 saturated carbocycles. The fourth-order valence-electron chi connectivity index (χ4n) is 4.15. The minimum absolute atomic E-state index is 0.00487. The molecule has 2 fully saturated rings. The number of morpholine rings is 1. The Labute approximate surface area is 192 Å². The monoisotopic (exact) mass is 477 g/mol. The number of thiophene rings is 1. The summed E-state index contributed by atoms with van der Waals surface area (Å²) in [6.07, 6.45) is 0.0818. The van der Waals surface area contributed by atoms with Crippen molar-refractivity contribution < 1.29 is 22.7 Å². The lowest BCUT2D eigenvalue weighted by atomic mass is 9.97. The van der Waals surface area contributed by atoms with E-state index in [2.05, 4.69) is 5.32 Å². The molecule has 4 rings (SSSR count). The largest absolute Gasteiger partial charge is 0.379 e. The quantitative estimate of drug-likeness (QED) is 0.657. The number of carbonyl (C=O) groups excluding carboxylic acids is 2. The van der Waals surface area contributed by atoms with Gasteiger partial charge in [-0.2, -0.15) is 4.31 Å². The molecule has 2 aliphatic heterocycles. The summed E-state index contributed by atoms with van der Waals surface area (Å²) in [5, 5.41) is 4.69. The van der Waals surface area contributed by atoms with Gasteiger partial charge in [0.2, 0.25) is 21.8 Å². The topological polar surface area (TPSA) is 96.0 Å². The van der Waals surface area contributed by atoms with Crippen molar-refractivity contribution in [1.29, 1.82) is 0 Å². The van der Waals surface area contributed by atoms with Crippen LogP contribution in [0.15, 0.2) is 41.8 Å². The lowest BCUT2D eigenvalue weighted by molar-refractivity contribution is -0.126. The first-order valence-corrected chi connectivity index (χ1v) is 13.1. The van der Waals surface area contributed by atoms with Gasteiger partial charge in [0, 0.05) is 36.6 Å². The lowest BCUT2D eigenvalue weighted by Crippen LogP contribution is -2.44. The van der Waals surface area contributed by atoms with Gasteiger partial charge in [-0.3, -0.25) is 9.59 Å². The SMILES string of the molecule is Cc1ccc(N2C(=O)CC(C(=O)NCCS(=O)(=O)N3CCOCC3)C2c2cccs2)cc1. The number of aryl methyl sites for hydroxylation is 1. The normalized spacial score (nSPS) is 22.3. The fourth-order valence-corrected chi connectivity index (χ4v) is 6.36. The van der Waals surface area contributed by atoms with Crippen LogP contribution >= 0.6 is 11.3 Å². The number of benzene rings is 1. The van der Waals surface area contributed by atoms with E-state index in [-0.39, 0.29) is 30.5 Å². The maximum Gasteiger partial charge on any atom is 0.228 e. The van der Waals surface area contributed by atoms with E-state index in [1.54, 1.807) is 4.90 Å². The smallest absolute Gasteiger partial charge is 0.228 e. The van der Waals surface area contributed by atoms with Gasteiger partial charge in [-0.1, -0.05) is 23.8 Å². The number of carbonyl (C=O) groups is 2. The number of nitrogens with zero attached hydrogens (tertiary/aromatic N) is 2. The van der Waals surface area contributed by atoms with E-state index in [1.807, 2.05) is 48.7 Å². The van der Waals surface area contributed by atoms with E-state index in [9.17, 15) is 18.0 Å². The molecule has 32 heavy (non-hydrogen) atoms. The van der Waals surface area contributed by atoms with Gasteiger partial charge < -0.3 is 15.0 Å². The summed E-state index contributed by atoms with van der Waals surface area (Å²) in [5.74, 6) is -1.18. The minimum atomic E-state index is -3.46. The summed E-state index contributed by atoms with van der Waals surface area (Å²) in [6, 6.07) is 11.1. The van der Waals surface area contributed by atoms with Crippen molar-refractivity contribution in [3.8, 4) is 0 Å². The molecule has 172 valence electrons. The zero-order chi connectivity index (χ0) is 22.7. The van der Waals surface area contributed by atoms with Gasteiger partial charge in [0.1, 0.15) is 0 Å². The molecule has 2 saturated heterocycles. The molecule has 1 aromatic carbocycles. The third-order valence-corrected chi connectivity index (χ3v) is 8.64. The van der Waals surface area contributed by atoms with Gasteiger partial charge in [0.25, 0.3) is 0 Å². The van der Waals surface area contributed by atoms with Crippen LogP contribution in [0.1, 0.15) is 22.9 Å². The number of amides is 2. The van der Waals surface area contributed by atoms with Crippen molar-refractivity contribution in [2.45, 2.75) is 19.4 Å². The second-order valence-corrected chi connectivity index (χ2v) is 11.1. The number of ether oxygens (including phenoxy) is 1. The van der Waals surface area contributed by atoms with Crippen LogP contribution in [0.3, 0.4) is 0 Å². The predicted octanol–water partition coefficient (Wildman–Crippen LogP) is 1.93. The Balaban J connectivity index is 1.47. The van der Waals surface area contributed by atoms with Gasteiger partial charge in [0.05, 0.1) is 30.9 Å². The molecule has 0 spiro atoms. The summed E-state index contributed by atoms with van der Waals surface area (Å²) in [4.78, 5) is 28.7. The summed E-state index contributed by atoms with van der Waals surface area (Å²) in [7, 11) is -3.46.